The Hall–Kier alpha value is -1.02. The molecule has 1 aromatic carbocycles. The summed E-state index contributed by atoms with van der Waals surface area (Å²) < 4.78 is 0. The van der Waals surface area contributed by atoms with Gasteiger partial charge in [0.15, 0.2) is 0 Å². The summed E-state index contributed by atoms with van der Waals surface area (Å²) in [6, 6.07) is 6.77. The number of nitrogens with one attached hydrogen (secondary N) is 1. The largest absolute Gasteiger partial charge is 0.385 e. The van der Waals surface area contributed by atoms with Crippen molar-refractivity contribution in [1.29, 1.82) is 0 Å². The highest BCUT2D eigenvalue weighted by molar-refractivity contribution is 5.56. The fourth-order valence-corrected chi connectivity index (χ4v) is 1.82. The molecule has 0 aliphatic carbocycles. The van der Waals surface area contributed by atoms with Crippen molar-refractivity contribution in [3.8, 4) is 0 Å². The molecule has 1 aliphatic heterocycles. The smallest absolute Gasteiger partial charge is 0.0391 e. The third kappa shape index (κ3) is 1.54. The summed E-state index contributed by atoms with van der Waals surface area (Å²) in [5.41, 5.74) is 9.87. The number of aryl methyl sites for hydroxylation is 1. The molecule has 0 spiro atoms. The first-order valence-electron chi connectivity index (χ1n) is 4.93. The second-order valence-corrected chi connectivity index (χ2v) is 3.60. The molecule has 70 valence electrons. The summed E-state index contributed by atoms with van der Waals surface area (Å²) in [6.45, 7) is 3.17. The first kappa shape index (κ1) is 8.57. The van der Waals surface area contributed by atoms with E-state index in [1.807, 2.05) is 0 Å². The maximum atomic E-state index is 6.00. The molecule has 1 aromatic rings. The van der Waals surface area contributed by atoms with E-state index in [1.54, 1.807) is 0 Å². The summed E-state index contributed by atoms with van der Waals surface area (Å²) in [5.74, 6) is 0. The topological polar surface area (TPSA) is 38.0 Å². The van der Waals surface area contributed by atoms with E-state index in [9.17, 15) is 0 Å². The lowest BCUT2D eigenvalue weighted by Gasteiger charge is -2.24. The Labute approximate surface area is 79.1 Å². The highest BCUT2D eigenvalue weighted by Crippen LogP contribution is 2.28. The molecule has 3 N–H and O–H groups in total. The predicted molar refractivity (Wildman–Crippen MR) is 55.9 cm³/mol. The van der Waals surface area contributed by atoms with Gasteiger partial charge in [-0.15, -0.1) is 0 Å². The van der Waals surface area contributed by atoms with Crippen LogP contribution in [0, 0.1) is 0 Å². The van der Waals surface area contributed by atoms with Crippen LogP contribution in [0.2, 0.25) is 0 Å². The Morgan fingerprint density at radius 1 is 1.54 bits per heavy atom. The van der Waals surface area contributed by atoms with Gasteiger partial charge in [-0.25, -0.2) is 0 Å². The van der Waals surface area contributed by atoms with E-state index in [0.29, 0.717) is 0 Å². The van der Waals surface area contributed by atoms with Gasteiger partial charge in [0.05, 0.1) is 0 Å². The van der Waals surface area contributed by atoms with Gasteiger partial charge in [-0.3, -0.25) is 0 Å². The molecule has 0 saturated carbocycles. The Kier molecular flexibility index (Phi) is 2.23. The van der Waals surface area contributed by atoms with E-state index >= 15 is 0 Å². The van der Waals surface area contributed by atoms with E-state index in [-0.39, 0.29) is 6.04 Å². The summed E-state index contributed by atoms with van der Waals surface area (Å²) in [6.07, 6.45) is 2.13. The van der Waals surface area contributed by atoms with Crippen molar-refractivity contribution in [3.05, 3.63) is 29.3 Å². The maximum Gasteiger partial charge on any atom is 0.0391 e. The Morgan fingerprint density at radius 2 is 2.38 bits per heavy atom. The average Bonchev–Trinajstić information content (AvgIpc) is 2.18. The van der Waals surface area contributed by atoms with Crippen molar-refractivity contribution in [2.75, 3.05) is 11.9 Å². The van der Waals surface area contributed by atoms with E-state index in [0.717, 1.165) is 19.4 Å². The van der Waals surface area contributed by atoms with Gasteiger partial charge in [0.1, 0.15) is 0 Å². The van der Waals surface area contributed by atoms with Crippen molar-refractivity contribution < 1.29 is 0 Å². The molecule has 0 saturated heterocycles. The lowest BCUT2D eigenvalue weighted by molar-refractivity contribution is 0.654. The number of anilines is 1. The summed E-state index contributed by atoms with van der Waals surface area (Å²) in [7, 11) is 0. The third-order valence-electron chi connectivity index (χ3n) is 2.70. The van der Waals surface area contributed by atoms with Gasteiger partial charge >= 0.3 is 0 Å². The van der Waals surface area contributed by atoms with Crippen LogP contribution >= 0.6 is 0 Å². The number of fused-ring (bicyclic) bond motifs is 1. The number of hydrogen-bond acceptors (Lipinski definition) is 2. The SMILES string of the molecule is CCc1ccc2c(c1)NCC[C@@H]2N. The van der Waals surface area contributed by atoms with Crippen LogP contribution < -0.4 is 11.1 Å². The van der Waals surface area contributed by atoms with Crippen LogP contribution in [-0.4, -0.2) is 6.54 Å². The molecule has 0 amide bonds. The molecule has 1 aliphatic rings. The molecule has 0 bridgehead atoms. The summed E-state index contributed by atoms with van der Waals surface area (Å²) >= 11 is 0. The Bertz CT molecular complexity index is 307. The van der Waals surface area contributed by atoms with Crippen LogP contribution in [0.5, 0.6) is 0 Å². The first-order chi connectivity index (χ1) is 6.31. The van der Waals surface area contributed by atoms with Crippen molar-refractivity contribution >= 4 is 5.69 Å². The van der Waals surface area contributed by atoms with E-state index in [4.69, 9.17) is 5.73 Å². The van der Waals surface area contributed by atoms with Crippen LogP contribution in [0.4, 0.5) is 5.69 Å². The normalized spacial score (nSPS) is 20.6. The number of benzene rings is 1. The minimum Gasteiger partial charge on any atom is -0.385 e. The minimum absolute atomic E-state index is 0.224. The maximum absolute atomic E-state index is 6.00. The lowest BCUT2D eigenvalue weighted by atomic mass is 9.96. The molecule has 0 radical (unpaired) electrons. The van der Waals surface area contributed by atoms with Gasteiger partial charge < -0.3 is 11.1 Å². The van der Waals surface area contributed by atoms with Crippen LogP contribution in [0.1, 0.15) is 30.5 Å². The summed E-state index contributed by atoms with van der Waals surface area (Å²) in [4.78, 5) is 0. The van der Waals surface area contributed by atoms with Gasteiger partial charge in [-0.05, 0) is 30.0 Å². The molecule has 0 aromatic heterocycles. The molecule has 2 nitrogen and oxygen atoms in total. The quantitative estimate of drug-likeness (QED) is 0.687. The first-order valence-corrected chi connectivity index (χ1v) is 4.93. The molecule has 0 fully saturated rings. The zero-order chi connectivity index (χ0) is 9.26. The fourth-order valence-electron chi connectivity index (χ4n) is 1.82. The molecular weight excluding hydrogens is 160 g/mol. The van der Waals surface area contributed by atoms with Gasteiger partial charge in [-0.2, -0.15) is 0 Å². The van der Waals surface area contributed by atoms with Crippen LogP contribution in [0.3, 0.4) is 0 Å². The molecule has 1 atom stereocenters. The van der Waals surface area contributed by atoms with Gasteiger partial charge in [-0.1, -0.05) is 19.1 Å². The highest BCUT2D eigenvalue weighted by Gasteiger charge is 2.15. The van der Waals surface area contributed by atoms with Gasteiger partial charge in [0, 0.05) is 18.3 Å². The number of nitrogens with two attached hydrogens (primary N) is 1. The van der Waals surface area contributed by atoms with Gasteiger partial charge in [0.25, 0.3) is 0 Å². The zero-order valence-electron chi connectivity index (χ0n) is 8.01. The van der Waals surface area contributed by atoms with Crippen molar-refractivity contribution in [2.24, 2.45) is 5.73 Å². The Morgan fingerprint density at radius 3 is 3.15 bits per heavy atom. The minimum atomic E-state index is 0.224. The second kappa shape index (κ2) is 3.38. The van der Waals surface area contributed by atoms with Crippen molar-refractivity contribution in [2.45, 2.75) is 25.8 Å². The monoisotopic (exact) mass is 176 g/mol. The average molecular weight is 176 g/mol. The third-order valence-corrected chi connectivity index (χ3v) is 2.70. The molecular formula is C11H16N2. The predicted octanol–water partition coefficient (Wildman–Crippen LogP) is 2.06. The molecule has 1 heterocycles. The Balaban J connectivity index is 2.39. The van der Waals surface area contributed by atoms with Crippen LogP contribution in [-0.2, 0) is 6.42 Å². The van der Waals surface area contributed by atoms with Crippen LogP contribution in [0.25, 0.3) is 0 Å². The highest BCUT2D eigenvalue weighted by atomic mass is 14.9. The van der Waals surface area contributed by atoms with E-state index in [1.165, 1.54) is 16.8 Å². The van der Waals surface area contributed by atoms with Crippen molar-refractivity contribution in [1.82, 2.24) is 0 Å². The fraction of sp³-hybridized carbons (Fsp3) is 0.455. The zero-order valence-corrected chi connectivity index (χ0v) is 8.01. The van der Waals surface area contributed by atoms with Crippen LogP contribution in [0.15, 0.2) is 18.2 Å². The standard InChI is InChI=1S/C11H16N2/c1-2-8-3-4-9-10(12)5-6-13-11(9)7-8/h3-4,7,10,13H,2,5-6,12H2,1H3/t10-/m0/s1. The molecule has 0 unspecified atom stereocenters. The molecule has 2 heteroatoms. The van der Waals surface area contributed by atoms with Gasteiger partial charge in [0.2, 0.25) is 0 Å². The molecule has 13 heavy (non-hydrogen) atoms. The number of rotatable bonds is 1. The number of hydrogen-bond donors (Lipinski definition) is 2. The second-order valence-electron chi connectivity index (χ2n) is 3.60. The van der Waals surface area contributed by atoms with E-state index < -0.39 is 0 Å². The lowest BCUT2D eigenvalue weighted by Crippen LogP contribution is -2.22. The molecule has 2 rings (SSSR count). The summed E-state index contributed by atoms with van der Waals surface area (Å²) in [5, 5.41) is 3.39. The van der Waals surface area contributed by atoms with E-state index in [2.05, 4.69) is 30.4 Å². The van der Waals surface area contributed by atoms with Crippen molar-refractivity contribution in [3.63, 3.8) is 0 Å².